The van der Waals surface area contributed by atoms with Crippen LogP contribution in [0.3, 0.4) is 0 Å². The molecule has 2 aliphatic rings. The van der Waals surface area contributed by atoms with E-state index in [1.54, 1.807) is 25.1 Å². The topological polar surface area (TPSA) is 81.7 Å². The largest absolute Gasteiger partial charge is 0.416 e. The molecule has 0 bridgehead atoms. The molecule has 1 fully saturated rings. The lowest BCUT2D eigenvalue weighted by molar-refractivity contribution is -0.137. The number of nitrogens with zero attached hydrogens (tertiary/aromatic N) is 1. The molecule has 6 nitrogen and oxygen atoms in total. The highest BCUT2D eigenvalue weighted by Crippen LogP contribution is 2.46. The number of nitrogens with one attached hydrogen (secondary N) is 2. The fraction of sp³-hybridized carbons (Fsp3) is 0.474. The van der Waals surface area contributed by atoms with E-state index in [4.69, 9.17) is 0 Å². The molecule has 2 amide bonds. The number of aliphatic hydroxyl groups excluding tert-OH is 1. The lowest BCUT2D eigenvalue weighted by Gasteiger charge is -2.36. The number of alkyl halides is 3. The highest BCUT2D eigenvalue weighted by molar-refractivity contribution is 6.03. The minimum atomic E-state index is -4.51. The minimum Gasteiger partial charge on any atom is -0.390 e. The maximum absolute atomic E-state index is 14.2. The number of halogens is 5. The third-order valence-corrected chi connectivity index (χ3v) is 9.72. The number of amides is 2. The molecule has 3 N–H and O–H groups in total. The van der Waals surface area contributed by atoms with Gasteiger partial charge in [0.15, 0.2) is 0 Å². The van der Waals surface area contributed by atoms with E-state index in [0.29, 0.717) is 53.6 Å². The van der Waals surface area contributed by atoms with Crippen molar-refractivity contribution in [3.05, 3.63) is 105 Å². The molecule has 3 aromatic rings. The minimum absolute atomic E-state index is 0.109. The molecular weight excluding hydrogens is 641 g/mol. The van der Waals surface area contributed by atoms with Crippen molar-refractivity contribution in [2.45, 2.75) is 102 Å². The summed E-state index contributed by atoms with van der Waals surface area (Å²) in [4.78, 5) is 29.6. The SMILES string of the molecule is CCCC(CCC)N1CCc2c(C(=O)N[C@@H](Cc3cc(F)cc(F)c3)[C@H](O)CNC3(c4cccc(C(F)(F)F)c4)CC3)cc(C)cc2C1=O. The maximum atomic E-state index is 14.2. The fourth-order valence-electron chi connectivity index (χ4n) is 7.08. The van der Waals surface area contributed by atoms with Crippen molar-refractivity contribution in [1.29, 1.82) is 0 Å². The molecule has 1 saturated carbocycles. The van der Waals surface area contributed by atoms with Crippen molar-refractivity contribution >= 4 is 11.8 Å². The van der Waals surface area contributed by atoms with Crippen molar-refractivity contribution < 1.29 is 36.6 Å². The zero-order chi connectivity index (χ0) is 35.5. The smallest absolute Gasteiger partial charge is 0.390 e. The molecule has 0 radical (unpaired) electrons. The Labute approximate surface area is 284 Å². The van der Waals surface area contributed by atoms with Gasteiger partial charge in [-0.05, 0) is 104 Å². The number of hydrogen-bond acceptors (Lipinski definition) is 4. The first kappa shape index (κ1) is 36.5. The van der Waals surface area contributed by atoms with Gasteiger partial charge in [0, 0.05) is 41.9 Å². The Kier molecular flexibility index (Phi) is 11.1. The van der Waals surface area contributed by atoms with Crippen LogP contribution in [-0.2, 0) is 24.6 Å². The van der Waals surface area contributed by atoms with Crippen LogP contribution in [0.2, 0.25) is 0 Å². The van der Waals surface area contributed by atoms with Crippen LogP contribution in [0, 0.1) is 18.6 Å². The monoisotopic (exact) mass is 685 g/mol. The zero-order valence-electron chi connectivity index (χ0n) is 28.1. The Bertz CT molecular complexity index is 1650. The Morgan fingerprint density at radius 2 is 1.67 bits per heavy atom. The molecular formula is C38H44F5N3O3. The van der Waals surface area contributed by atoms with E-state index in [9.17, 15) is 36.6 Å². The predicted octanol–water partition coefficient (Wildman–Crippen LogP) is 7.24. The average Bonchev–Trinajstić information content (AvgIpc) is 3.84. The van der Waals surface area contributed by atoms with Gasteiger partial charge in [-0.1, -0.05) is 38.8 Å². The van der Waals surface area contributed by atoms with Crippen LogP contribution in [0.4, 0.5) is 22.0 Å². The first-order valence-electron chi connectivity index (χ1n) is 17.1. The Balaban J connectivity index is 1.39. The molecule has 2 atom stereocenters. The first-order valence-corrected chi connectivity index (χ1v) is 17.1. The van der Waals surface area contributed by atoms with Gasteiger partial charge in [0.1, 0.15) is 11.6 Å². The summed E-state index contributed by atoms with van der Waals surface area (Å²) in [5, 5.41) is 17.5. The summed E-state index contributed by atoms with van der Waals surface area (Å²) in [5.74, 6) is -2.28. The Hall–Kier alpha value is -3.83. The van der Waals surface area contributed by atoms with Gasteiger partial charge < -0.3 is 20.6 Å². The molecule has 3 aromatic carbocycles. The second-order valence-corrected chi connectivity index (χ2v) is 13.5. The van der Waals surface area contributed by atoms with Crippen LogP contribution in [0.1, 0.15) is 101 Å². The van der Waals surface area contributed by atoms with Crippen molar-refractivity contribution in [2.75, 3.05) is 13.1 Å². The van der Waals surface area contributed by atoms with E-state index < -0.39 is 47.0 Å². The summed E-state index contributed by atoms with van der Waals surface area (Å²) in [6.07, 6.45) is -0.709. The standard InChI is InChI=1S/C38H44F5N3O3/c1-4-7-29(8-5-2)46-14-11-30-31(15-23(3)16-32(30)36(46)49)35(48)45-33(19-24-17-27(39)21-28(40)18-24)34(47)22-44-37(12-13-37)25-9-6-10-26(20-25)38(41,42)43/h6,9-10,15-18,20-21,29,33-34,44,47H,4-5,7-8,11-14,19,22H2,1-3H3,(H,45,48)/t33-,34+/m0/s1. The van der Waals surface area contributed by atoms with Crippen LogP contribution >= 0.6 is 0 Å². The second kappa shape index (κ2) is 15.0. The average molecular weight is 686 g/mol. The van der Waals surface area contributed by atoms with Gasteiger partial charge in [0.25, 0.3) is 11.8 Å². The number of aliphatic hydroxyl groups is 1. The van der Waals surface area contributed by atoms with E-state index in [2.05, 4.69) is 24.5 Å². The van der Waals surface area contributed by atoms with Crippen molar-refractivity contribution in [1.82, 2.24) is 15.5 Å². The summed E-state index contributed by atoms with van der Waals surface area (Å²) in [6.45, 7) is 6.33. The molecule has 11 heteroatoms. The van der Waals surface area contributed by atoms with Gasteiger partial charge in [-0.15, -0.1) is 0 Å². The number of aryl methyl sites for hydroxylation is 1. The van der Waals surface area contributed by atoms with Crippen LogP contribution in [-0.4, -0.2) is 53.1 Å². The molecule has 0 spiro atoms. The fourth-order valence-corrected chi connectivity index (χ4v) is 7.08. The van der Waals surface area contributed by atoms with Crippen LogP contribution in [0.5, 0.6) is 0 Å². The summed E-state index contributed by atoms with van der Waals surface area (Å²) in [6, 6.07) is 10.6. The molecule has 0 aromatic heterocycles. The number of hydrogen-bond donors (Lipinski definition) is 3. The molecule has 0 saturated heterocycles. The predicted molar refractivity (Wildman–Crippen MR) is 177 cm³/mol. The van der Waals surface area contributed by atoms with E-state index in [1.165, 1.54) is 6.07 Å². The summed E-state index contributed by atoms with van der Waals surface area (Å²) >= 11 is 0. The van der Waals surface area contributed by atoms with Crippen LogP contribution in [0.15, 0.2) is 54.6 Å². The molecule has 1 heterocycles. The van der Waals surface area contributed by atoms with Crippen LogP contribution in [0.25, 0.3) is 0 Å². The highest BCUT2D eigenvalue weighted by Gasteiger charge is 2.45. The van der Waals surface area contributed by atoms with Gasteiger partial charge in [-0.25, -0.2) is 8.78 Å². The second-order valence-electron chi connectivity index (χ2n) is 13.5. The normalized spacial score (nSPS) is 16.8. The molecule has 264 valence electrons. The van der Waals surface area contributed by atoms with Gasteiger partial charge in [-0.3, -0.25) is 9.59 Å². The van der Waals surface area contributed by atoms with E-state index in [0.717, 1.165) is 56.0 Å². The number of carbonyl (C=O) groups is 2. The lowest BCUT2D eigenvalue weighted by Crippen LogP contribution is -2.50. The quantitative estimate of drug-likeness (QED) is 0.156. The zero-order valence-corrected chi connectivity index (χ0v) is 28.1. The third-order valence-electron chi connectivity index (χ3n) is 9.72. The Morgan fingerprint density at radius 1 is 1.00 bits per heavy atom. The molecule has 0 unspecified atom stereocenters. The lowest BCUT2D eigenvalue weighted by atomic mass is 9.89. The summed E-state index contributed by atoms with van der Waals surface area (Å²) in [5.41, 5.74) is 1.18. The number of rotatable bonds is 14. The molecule has 1 aliphatic heterocycles. The summed E-state index contributed by atoms with van der Waals surface area (Å²) in [7, 11) is 0. The Morgan fingerprint density at radius 3 is 2.29 bits per heavy atom. The summed E-state index contributed by atoms with van der Waals surface area (Å²) < 4.78 is 68.6. The van der Waals surface area contributed by atoms with Gasteiger partial charge in [0.2, 0.25) is 0 Å². The number of fused-ring (bicyclic) bond motifs is 1. The number of carbonyl (C=O) groups excluding carboxylic acids is 2. The van der Waals surface area contributed by atoms with Crippen LogP contribution < -0.4 is 10.6 Å². The van der Waals surface area contributed by atoms with E-state index in [1.807, 2.05) is 4.90 Å². The van der Waals surface area contributed by atoms with E-state index >= 15 is 0 Å². The van der Waals surface area contributed by atoms with Crippen molar-refractivity contribution in [3.63, 3.8) is 0 Å². The number of benzene rings is 3. The molecule has 5 rings (SSSR count). The van der Waals surface area contributed by atoms with Gasteiger partial charge in [-0.2, -0.15) is 13.2 Å². The first-order chi connectivity index (χ1) is 23.2. The molecule has 49 heavy (non-hydrogen) atoms. The highest BCUT2D eigenvalue weighted by atomic mass is 19.4. The maximum Gasteiger partial charge on any atom is 0.416 e. The van der Waals surface area contributed by atoms with Crippen molar-refractivity contribution in [3.8, 4) is 0 Å². The van der Waals surface area contributed by atoms with E-state index in [-0.39, 0.29) is 30.5 Å². The van der Waals surface area contributed by atoms with Gasteiger partial charge in [0.05, 0.1) is 17.7 Å². The molecule has 1 aliphatic carbocycles. The third kappa shape index (κ3) is 8.49. The van der Waals surface area contributed by atoms with Crippen molar-refractivity contribution in [2.24, 2.45) is 0 Å². The van der Waals surface area contributed by atoms with Gasteiger partial charge >= 0.3 is 6.18 Å².